The van der Waals surface area contributed by atoms with E-state index in [9.17, 15) is 13.2 Å². The summed E-state index contributed by atoms with van der Waals surface area (Å²) in [5, 5.41) is 2.00. The van der Waals surface area contributed by atoms with E-state index in [-0.39, 0.29) is 23.5 Å². The van der Waals surface area contributed by atoms with E-state index in [1.54, 1.807) is 30.2 Å². The monoisotopic (exact) mass is 396 g/mol. The van der Waals surface area contributed by atoms with Gasteiger partial charge in [0.05, 0.1) is 18.0 Å². The fourth-order valence-corrected chi connectivity index (χ4v) is 4.65. The minimum atomic E-state index is -3.64. The average Bonchev–Trinajstić information content (AvgIpc) is 2.99. The van der Waals surface area contributed by atoms with Gasteiger partial charge < -0.3 is 9.64 Å². The molecule has 0 saturated heterocycles. The summed E-state index contributed by atoms with van der Waals surface area (Å²) < 4.78 is 32.1. The average molecular weight is 397 g/mol. The molecule has 8 heteroatoms. The quantitative estimate of drug-likeness (QED) is 0.744. The molecule has 2 aromatic rings. The predicted octanol–water partition coefficient (Wildman–Crippen LogP) is 2.64. The largest absolute Gasteiger partial charge is 0.383 e. The van der Waals surface area contributed by atoms with Gasteiger partial charge in [0, 0.05) is 30.6 Å². The third-order valence-corrected chi connectivity index (χ3v) is 6.49. The number of aryl methyl sites for hydroxylation is 1. The molecular formula is C18H24N2O4S2. The van der Waals surface area contributed by atoms with E-state index in [1.165, 1.54) is 31.4 Å². The van der Waals surface area contributed by atoms with E-state index in [0.29, 0.717) is 12.1 Å². The van der Waals surface area contributed by atoms with Crippen LogP contribution in [0.5, 0.6) is 0 Å². The van der Waals surface area contributed by atoms with Crippen molar-refractivity contribution in [3.8, 4) is 0 Å². The summed E-state index contributed by atoms with van der Waals surface area (Å²) in [4.78, 5) is 15.4. The highest BCUT2D eigenvalue weighted by molar-refractivity contribution is 7.89. The first-order chi connectivity index (χ1) is 12.2. The maximum absolute atomic E-state index is 12.6. The van der Waals surface area contributed by atoms with Crippen LogP contribution in [0.4, 0.5) is 0 Å². The molecule has 26 heavy (non-hydrogen) atoms. The summed E-state index contributed by atoms with van der Waals surface area (Å²) >= 11 is 1.61. The molecule has 1 unspecified atom stereocenters. The minimum Gasteiger partial charge on any atom is -0.383 e. The number of thiophene rings is 1. The fraction of sp³-hybridized carbons (Fsp3) is 0.389. The number of carbonyl (C=O) groups excluding carboxylic acids is 1. The highest BCUT2D eigenvalue weighted by Crippen LogP contribution is 2.19. The van der Waals surface area contributed by atoms with E-state index in [2.05, 4.69) is 4.72 Å². The van der Waals surface area contributed by atoms with Crippen molar-refractivity contribution in [1.29, 1.82) is 0 Å². The second kappa shape index (κ2) is 8.77. The molecule has 1 N–H and O–H groups in total. The third kappa shape index (κ3) is 5.14. The summed E-state index contributed by atoms with van der Waals surface area (Å²) in [6, 6.07) is 7.64. The number of carbonyl (C=O) groups is 1. The molecule has 0 saturated carbocycles. The van der Waals surface area contributed by atoms with Crippen LogP contribution in [0.15, 0.2) is 40.6 Å². The Kier molecular flexibility index (Phi) is 6.94. The summed E-state index contributed by atoms with van der Waals surface area (Å²) in [6.45, 7) is 4.54. The number of nitrogens with one attached hydrogen (secondary N) is 1. The van der Waals surface area contributed by atoms with E-state index >= 15 is 0 Å². The number of sulfonamides is 1. The normalized spacial score (nSPS) is 12.8. The van der Waals surface area contributed by atoms with Crippen LogP contribution in [0.2, 0.25) is 0 Å². The minimum absolute atomic E-state index is 0.119. The highest BCUT2D eigenvalue weighted by Gasteiger charge is 2.19. The van der Waals surface area contributed by atoms with E-state index < -0.39 is 10.0 Å². The Bertz CT molecular complexity index is 844. The molecule has 1 atom stereocenters. The number of amides is 1. The number of rotatable bonds is 8. The van der Waals surface area contributed by atoms with Crippen molar-refractivity contribution in [3.63, 3.8) is 0 Å². The number of methoxy groups -OCH3 is 1. The van der Waals surface area contributed by atoms with Crippen molar-refractivity contribution in [2.75, 3.05) is 20.8 Å². The molecule has 1 heterocycles. The first-order valence-corrected chi connectivity index (χ1v) is 10.5. The lowest BCUT2D eigenvalue weighted by atomic mass is 10.2. The van der Waals surface area contributed by atoms with Gasteiger partial charge in [-0.05, 0) is 55.1 Å². The summed E-state index contributed by atoms with van der Waals surface area (Å²) in [7, 11) is -0.395. The van der Waals surface area contributed by atoms with Crippen LogP contribution < -0.4 is 4.72 Å². The summed E-state index contributed by atoms with van der Waals surface area (Å²) in [5.41, 5.74) is 1.61. The molecule has 0 aliphatic heterocycles. The number of benzene rings is 1. The zero-order chi connectivity index (χ0) is 19.3. The van der Waals surface area contributed by atoms with Crippen LogP contribution in [0, 0.1) is 6.92 Å². The predicted molar refractivity (Wildman–Crippen MR) is 103 cm³/mol. The van der Waals surface area contributed by atoms with E-state index in [4.69, 9.17) is 4.74 Å². The number of ether oxygens (including phenoxy) is 1. The summed E-state index contributed by atoms with van der Waals surface area (Å²) in [6.07, 6.45) is 0. The van der Waals surface area contributed by atoms with Gasteiger partial charge in [-0.2, -0.15) is 0 Å². The van der Waals surface area contributed by atoms with Crippen LogP contribution in [0.25, 0.3) is 0 Å². The van der Waals surface area contributed by atoms with Gasteiger partial charge >= 0.3 is 0 Å². The van der Waals surface area contributed by atoms with Crippen LogP contribution in [0.1, 0.15) is 27.7 Å². The fourth-order valence-electron chi connectivity index (χ4n) is 2.47. The molecule has 2 rings (SSSR count). The van der Waals surface area contributed by atoms with Gasteiger partial charge in [-0.15, -0.1) is 11.3 Å². The Morgan fingerprint density at radius 3 is 2.46 bits per heavy atom. The highest BCUT2D eigenvalue weighted by atomic mass is 32.2. The van der Waals surface area contributed by atoms with Gasteiger partial charge in [-0.1, -0.05) is 0 Å². The lowest BCUT2D eigenvalue weighted by molar-refractivity contribution is 0.0786. The van der Waals surface area contributed by atoms with Gasteiger partial charge in [-0.25, -0.2) is 13.1 Å². The topological polar surface area (TPSA) is 75.7 Å². The van der Waals surface area contributed by atoms with E-state index in [0.717, 1.165) is 10.4 Å². The molecule has 0 aliphatic carbocycles. The first-order valence-electron chi connectivity index (χ1n) is 8.14. The van der Waals surface area contributed by atoms with Crippen LogP contribution >= 0.6 is 11.3 Å². The Morgan fingerprint density at radius 1 is 1.27 bits per heavy atom. The first kappa shape index (κ1) is 20.6. The van der Waals surface area contributed by atoms with Crippen LogP contribution in [0.3, 0.4) is 0 Å². The third-order valence-electron chi connectivity index (χ3n) is 3.88. The Labute approximate surface area is 158 Å². The van der Waals surface area contributed by atoms with Gasteiger partial charge in [0.15, 0.2) is 0 Å². The number of hydrogen-bond donors (Lipinski definition) is 1. The van der Waals surface area contributed by atoms with Gasteiger partial charge in [-0.3, -0.25) is 4.79 Å². The molecule has 1 amide bonds. The van der Waals surface area contributed by atoms with Gasteiger partial charge in [0.25, 0.3) is 5.91 Å². The maximum Gasteiger partial charge on any atom is 0.253 e. The van der Waals surface area contributed by atoms with Gasteiger partial charge in [0.2, 0.25) is 10.0 Å². The van der Waals surface area contributed by atoms with Crippen LogP contribution in [-0.2, 0) is 21.3 Å². The second-order valence-electron chi connectivity index (χ2n) is 6.19. The Morgan fingerprint density at radius 2 is 1.92 bits per heavy atom. The molecule has 1 aromatic heterocycles. The second-order valence-corrected chi connectivity index (χ2v) is 8.90. The van der Waals surface area contributed by atoms with Crippen LogP contribution in [-0.4, -0.2) is 46.0 Å². The maximum atomic E-state index is 12.6. The zero-order valence-corrected chi connectivity index (χ0v) is 17.0. The van der Waals surface area contributed by atoms with Crippen molar-refractivity contribution >= 4 is 27.3 Å². The molecule has 0 aliphatic rings. The molecule has 1 aromatic carbocycles. The van der Waals surface area contributed by atoms with Gasteiger partial charge in [0.1, 0.15) is 0 Å². The zero-order valence-electron chi connectivity index (χ0n) is 15.4. The molecule has 0 fully saturated rings. The number of nitrogens with zero attached hydrogens (tertiary/aromatic N) is 1. The Balaban J connectivity index is 2.08. The molecular weight excluding hydrogens is 372 g/mol. The van der Waals surface area contributed by atoms with Crippen molar-refractivity contribution in [3.05, 3.63) is 51.7 Å². The molecule has 0 bridgehead atoms. The smallest absolute Gasteiger partial charge is 0.253 e. The van der Waals surface area contributed by atoms with Crippen molar-refractivity contribution in [2.24, 2.45) is 0 Å². The van der Waals surface area contributed by atoms with Crippen molar-refractivity contribution in [1.82, 2.24) is 9.62 Å². The van der Waals surface area contributed by atoms with Crippen molar-refractivity contribution in [2.45, 2.75) is 31.3 Å². The molecule has 0 spiro atoms. The number of hydrogen-bond acceptors (Lipinski definition) is 5. The SMILES string of the molecule is COCC(C)NS(=O)(=O)c1ccc(C(=O)N(C)Cc2sccc2C)cc1. The molecule has 6 nitrogen and oxygen atoms in total. The van der Waals surface area contributed by atoms with E-state index in [1.807, 2.05) is 18.4 Å². The molecule has 0 radical (unpaired) electrons. The standard InChI is InChI=1S/C18H24N2O4S2/c1-13-9-10-25-17(13)11-20(3)18(21)15-5-7-16(8-6-15)26(22,23)19-14(2)12-24-4/h5-10,14,19H,11-12H2,1-4H3. The van der Waals surface area contributed by atoms with Crippen molar-refractivity contribution < 1.29 is 17.9 Å². The lowest BCUT2D eigenvalue weighted by Crippen LogP contribution is -2.35. The Hall–Kier alpha value is -1.74. The lowest BCUT2D eigenvalue weighted by Gasteiger charge is -2.17. The summed E-state index contributed by atoms with van der Waals surface area (Å²) in [5.74, 6) is -0.151. The molecule has 142 valence electrons.